The van der Waals surface area contributed by atoms with Gasteiger partial charge in [0.25, 0.3) is 5.91 Å². The number of ether oxygens (including phenoxy) is 1. The van der Waals surface area contributed by atoms with Gasteiger partial charge in [-0.2, -0.15) is 0 Å². The second-order valence-electron chi connectivity index (χ2n) is 3.95. The fraction of sp³-hybridized carbons (Fsp3) is 0.556. The molecule has 0 spiro atoms. The van der Waals surface area contributed by atoms with Gasteiger partial charge in [-0.15, -0.1) is 0 Å². The highest BCUT2D eigenvalue weighted by molar-refractivity contribution is 5.91. The zero-order valence-electron chi connectivity index (χ0n) is 8.04. The molecule has 0 aromatic carbocycles. The topological polar surface area (TPSA) is 67.0 Å². The van der Waals surface area contributed by atoms with Gasteiger partial charge in [0.2, 0.25) is 0 Å². The summed E-state index contributed by atoms with van der Waals surface area (Å²) in [6, 6.07) is 0. The molecule has 5 nitrogen and oxygen atoms in total. The maximum Gasteiger partial charge on any atom is 0.269 e. The normalized spacial score (nSPS) is 18.6. The summed E-state index contributed by atoms with van der Waals surface area (Å²) in [5.41, 5.74) is 0.601. The summed E-state index contributed by atoms with van der Waals surface area (Å²) in [7, 11) is 0. The number of aromatic nitrogens is 2. The predicted octanol–water partition coefficient (Wildman–Crippen LogP) is 0.176. The molecule has 0 saturated carbocycles. The zero-order valence-corrected chi connectivity index (χ0v) is 8.04. The van der Waals surface area contributed by atoms with Gasteiger partial charge < -0.3 is 15.0 Å². The van der Waals surface area contributed by atoms with E-state index in [-0.39, 0.29) is 11.3 Å². The van der Waals surface area contributed by atoms with E-state index in [9.17, 15) is 4.79 Å². The zero-order chi connectivity index (χ0) is 10.0. The van der Waals surface area contributed by atoms with Crippen LogP contribution in [0.1, 0.15) is 17.4 Å². The third-order valence-electron chi connectivity index (χ3n) is 2.32. The number of hydrogen-bond donors (Lipinski definition) is 2. The molecule has 1 saturated heterocycles. The van der Waals surface area contributed by atoms with Gasteiger partial charge in [0, 0.05) is 12.0 Å². The Bertz CT molecular complexity index is 317. The molecule has 76 valence electrons. The van der Waals surface area contributed by atoms with Crippen LogP contribution < -0.4 is 5.32 Å². The highest BCUT2D eigenvalue weighted by Gasteiger charge is 2.33. The Hall–Kier alpha value is -1.36. The summed E-state index contributed by atoms with van der Waals surface area (Å²) in [5, 5.41) is 2.84. The second-order valence-corrected chi connectivity index (χ2v) is 3.95. The predicted molar refractivity (Wildman–Crippen MR) is 49.8 cm³/mol. The fourth-order valence-electron chi connectivity index (χ4n) is 1.32. The Kier molecular flexibility index (Phi) is 2.25. The molecule has 1 amide bonds. The van der Waals surface area contributed by atoms with Gasteiger partial charge in [-0.3, -0.25) is 4.79 Å². The van der Waals surface area contributed by atoms with Crippen LogP contribution in [0.5, 0.6) is 0 Å². The minimum Gasteiger partial charge on any atom is -0.380 e. The molecule has 0 aliphatic carbocycles. The van der Waals surface area contributed by atoms with E-state index in [0.29, 0.717) is 12.2 Å². The summed E-state index contributed by atoms with van der Waals surface area (Å²) < 4.78 is 5.09. The monoisotopic (exact) mass is 195 g/mol. The molecular formula is C9H13N3O2. The summed E-state index contributed by atoms with van der Waals surface area (Å²) in [4.78, 5) is 18.0. The van der Waals surface area contributed by atoms with Crippen molar-refractivity contribution in [3.8, 4) is 0 Å². The summed E-state index contributed by atoms with van der Waals surface area (Å²) in [6.07, 6.45) is 3.00. The Morgan fingerprint density at radius 3 is 3.07 bits per heavy atom. The first-order valence-electron chi connectivity index (χ1n) is 4.54. The number of rotatable bonds is 3. The van der Waals surface area contributed by atoms with Gasteiger partial charge in [-0.05, 0) is 0 Å². The molecule has 1 aliphatic heterocycles. The minimum absolute atomic E-state index is 0.107. The highest BCUT2D eigenvalue weighted by Crippen LogP contribution is 2.25. The van der Waals surface area contributed by atoms with Crippen molar-refractivity contribution in [2.24, 2.45) is 5.41 Å². The van der Waals surface area contributed by atoms with Gasteiger partial charge >= 0.3 is 0 Å². The van der Waals surface area contributed by atoms with E-state index in [4.69, 9.17) is 4.74 Å². The number of nitrogens with one attached hydrogen (secondary N) is 2. The van der Waals surface area contributed by atoms with Crippen molar-refractivity contribution in [1.29, 1.82) is 0 Å². The number of amides is 1. The molecule has 2 N–H and O–H groups in total. The van der Waals surface area contributed by atoms with Gasteiger partial charge in [-0.25, -0.2) is 4.98 Å². The molecule has 0 unspecified atom stereocenters. The van der Waals surface area contributed by atoms with Gasteiger partial charge in [0.05, 0.1) is 25.7 Å². The summed E-state index contributed by atoms with van der Waals surface area (Å²) >= 11 is 0. The standard InChI is InChI=1S/C9H13N3O2/c1-9(4-14-5-9)3-11-8(13)7-2-10-6-12-7/h2,6H,3-5H2,1H3,(H,10,12)(H,11,13). The fourth-order valence-corrected chi connectivity index (χ4v) is 1.32. The second kappa shape index (κ2) is 3.42. The lowest BCUT2D eigenvalue weighted by molar-refractivity contribution is -0.0978. The molecule has 14 heavy (non-hydrogen) atoms. The summed E-state index contributed by atoms with van der Waals surface area (Å²) in [5.74, 6) is -0.115. The van der Waals surface area contributed by atoms with E-state index >= 15 is 0 Å². The number of H-pyrrole nitrogens is 1. The minimum atomic E-state index is -0.115. The number of hydrogen-bond acceptors (Lipinski definition) is 3. The lowest BCUT2D eigenvalue weighted by atomic mass is 9.89. The van der Waals surface area contributed by atoms with Crippen molar-refractivity contribution in [1.82, 2.24) is 15.3 Å². The number of carbonyl (C=O) groups is 1. The maximum atomic E-state index is 11.5. The molecule has 5 heteroatoms. The molecular weight excluding hydrogens is 182 g/mol. The first kappa shape index (κ1) is 9.21. The summed E-state index contributed by atoms with van der Waals surface area (Å²) in [6.45, 7) is 4.17. The number of nitrogens with zero attached hydrogens (tertiary/aromatic N) is 1. The van der Waals surface area contributed by atoms with Crippen LogP contribution in [0.3, 0.4) is 0 Å². The van der Waals surface area contributed by atoms with Gasteiger partial charge in [0.15, 0.2) is 0 Å². The molecule has 0 bridgehead atoms. The average Bonchev–Trinajstić information content (AvgIpc) is 2.63. The Morgan fingerprint density at radius 1 is 1.79 bits per heavy atom. The van der Waals surface area contributed by atoms with Crippen LogP contribution in [-0.4, -0.2) is 35.6 Å². The molecule has 0 radical (unpaired) electrons. The quantitative estimate of drug-likeness (QED) is 0.722. The van der Waals surface area contributed by atoms with E-state index < -0.39 is 0 Å². The van der Waals surface area contributed by atoms with Crippen LogP contribution in [0.25, 0.3) is 0 Å². The van der Waals surface area contributed by atoms with Crippen LogP contribution in [0.15, 0.2) is 12.5 Å². The lowest BCUT2D eigenvalue weighted by Gasteiger charge is -2.37. The maximum absolute atomic E-state index is 11.5. The number of aromatic amines is 1. The van der Waals surface area contributed by atoms with Crippen molar-refractivity contribution in [2.75, 3.05) is 19.8 Å². The van der Waals surface area contributed by atoms with E-state index in [1.165, 1.54) is 12.5 Å². The number of carbonyl (C=O) groups excluding carboxylic acids is 1. The lowest BCUT2D eigenvalue weighted by Crippen LogP contribution is -2.48. The first-order chi connectivity index (χ1) is 6.70. The molecule has 2 rings (SSSR count). The van der Waals surface area contributed by atoms with Crippen molar-refractivity contribution < 1.29 is 9.53 Å². The number of imidazole rings is 1. The van der Waals surface area contributed by atoms with Crippen molar-refractivity contribution in [3.05, 3.63) is 18.2 Å². The Labute approximate surface area is 81.9 Å². The average molecular weight is 195 g/mol. The van der Waals surface area contributed by atoms with Crippen molar-refractivity contribution >= 4 is 5.91 Å². The first-order valence-corrected chi connectivity index (χ1v) is 4.54. The third-order valence-corrected chi connectivity index (χ3v) is 2.32. The Balaban J connectivity index is 1.84. The van der Waals surface area contributed by atoms with E-state index in [2.05, 4.69) is 22.2 Å². The van der Waals surface area contributed by atoms with Crippen LogP contribution in [-0.2, 0) is 4.74 Å². The molecule has 0 atom stereocenters. The van der Waals surface area contributed by atoms with Crippen molar-refractivity contribution in [3.63, 3.8) is 0 Å². The SMILES string of the molecule is CC1(CNC(=O)c2cnc[nH]2)COC1. The van der Waals surface area contributed by atoms with E-state index in [1.54, 1.807) is 0 Å². The Morgan fingerprint density at radius 2 is 2.57 bits per heavy atom. The molecule has 1 fully saturated rings. The molecule has 1 aliphatic rings. The smallest absolute Gasteiger partial charge is 0.269 e. The van der Waals surface area contributed by atoms with E-state index in [0.717, 1.165) is 13.2 Å². The van der Waals surface area contributed by atoms with Crippen LogP contribution in [0.2, 0.25) is 0 Å². The molecule has 1 aromatic rings. The highest BCUT2D eigenvalue weighted by atomic mass is 16.5. The van der Waals surface area contributed by atoms with Gasteiger partial charge in [0.1, 0.15) is 5.69 Å². The van der Waals surface area contributed by atoms with Crippen LogP contribution >= 0.6 is 0 Å². The molecule has 1 aromatic heterocycles. The van der Waals surface area contributed by atoms with Crippen LogP contribution in [0.4, 0.5) is 0 Å². The largest absolute Gasteiger partial charge is 0.380 e. The van der Waals surface area contributed by atoms with E-state index in [1.807, 2.05) is 0 Å². The van der Waals surface area contributed by atoms with Crippen molar-refractivity contribution in [2.45, 2.75) is 6.92 Å². The third kappa shape index (κ3) is 1.77. The molecule has 2 heterocycles. The van der Waals surface area contributed by atoms with Crippen LogP contribution in [0, 0.1) is 5.41 Å². The van der Waals surface area contributed by atoms with Gasteiger partial charge in [-0.1, -0.05) is 6.92 Å².